The minimum atomic E-state index is 0.599. The zero-order valence-electron chi connectivity index (χ0n) is 12.4. The molecule has 1 aliphatic rings. The number of nitrogens with one attached hydrogen (secondary N) is 1. The minimum Gasteiger partial charge on any atom is -0.382 e. The number of rotatable bonds is 3. The topological polar surface area (TPSA) is 12.0 Å². The summed E-state index contributed by atoms with van der Waals surface area (Å²) in [4.78, 5) is 0. The lowest BCUT2D eigenvalue weighted by Gasteiger charge is -2.24. The van der Waals surface area contributed by atoms with E-state index in [1.54, 1.807) is 0 Å². The molecule has 1 N–H and O–H groups in total. The first-order valence-electron chi connectivity index (χ1n) is 7.75. The van der Waals surface area contributed by atoms with E-state index in [2.05, 4.69) is 61.6 Å². The lowest BCUT2D eigenvalue weighted by molar-refractivity contribution is 0.681. The third-order valence-corrected chi connectivity index (χ3v) is 4.18. The molecule has 1 nitrogen and oxygen atoms in total. The van der Waals surface area contributed by atoms with E-state index in [0.717, 1.165) is 0 Å². The third-order valence-electron chi connectivity index (χ3n) is 4.18. The first kappa shape index (κ1) is 13.2. The summed E-state index contributed by atoms with van der Waals surface area (Å²) >= 11 is 0. The number of hydrogen-bond donors (Lipinski definition) is 1. The Morgan fingerprint density at radius 3 is 2.55 bits per heavy atom. The molecule has 1 heteroatoms. The predicted molar refractivity (Wildman–Crippen MR) is 87.3 cm³/mol. The second-order valence-corrected chi connectivity index (χ2v) is 5.90. The van der Waals surface area contributed by atoms with E-state index in [0.29, 0.717) is 6.04 Å². The molecule has 0 fully saturated rings. The molecule has 1 heterocycles. The van der Waals surface area contributed by atoms with E-state index in [4.69, 9.17) is 0 Å². The molecule has 0 aromatic heterocycles. The summed E-state index contributed by atoms with van der Waals surface area (Å²) in [6.45, 7) is 4.48. The van der Waals surface area contributed by atoms with Gasteiger partial charge in [-0.15, -0.1) is 0 Å². The van der Waals surface area contributed by atoms with Gasteiger partial charge < -0.3 is 5.32 Å². The van der Waals surface area contributed by atoms with Crippen LogP contribution >= 0.6 is 0 Å². The monoisotopic (exact) mass is 265 g/mol. The van der Waals surface area contributed by atoms with Crippen LogP contribution < -0.4 is 5.32 Å². The van der Waals surface area contributed by atoms with Crippen molar-refractivity contribution in [2.45, 2.75) is 45.6 Å². The van der Waals surface area contributed by atoms with Gasteiger partial charge >= 0.3 is 0 Å². The average Bonchev–Trinajstić information content (AvgIpc) is 2.48. The highest BCUT2D eigenvalue weighted by molar-refractivity contribution is 5.69. The lowest BCUT2D eigenvalue weighted by atomic mass is 9.94. The van der Waals surface area contributed by atoms with Crippen LogP contribution in [0.15, 0.2) is 42.5 Å². The van der Waals surface area contributed by atoms with Gasteiger partial charge in [0, 0.05) is 11.7 Å². The van der Waals surface area contributed by atoms with Gasteiger partial charge in [0.05, 0.1) is 0 Å². The summed E-state index contributed by atoms with van der Waals surface area (Å²) in [6.07, 6.45) is 4.80. The van der Waals surface area contributed by atoms with Crippen molar-refractivity contribution in [3.8, 4) is 11.1 Å². The molecule has 104 valence electrons. The van der Waals surface area contributed by atoms with Crippen molar-refractivity contribution in [1.29, 1.82) is 0 Å². The number of hydrogen-bond acceptors (Lipinski definition) is 1. The first-order valence-corrected chi connectivity index (χ1v) is 7.75. The number of fused-ring (bicyclic) bond motifs is 1. The van der Waals surface area contributed by atoms with E-state index < -0.39 is 0 Å². The molecule has 20 heavy (non-hydrogen) atoms. The summed E-state index contributed by atoms with van der Waals surface area (Å²) in [5, 5.41) is 3.56. The number of aryl methyl sites for hydroxylation is 2. The van der Waals surface area contributed by atoms with Gasteiger partial charge in [0.2, 0.25) is 0 Å². The number of anilines is 1. The van der Waals surface area contributed by atoms with E-state index >= 15 is 0 Å². The summed E-state index contributed by atoms with van der Waals surface area (Å²) in [7, 11) is 0. The van der Waals surface area contributed by atoms with Gasteiger partial charge in [0.25, 0.3) is 0 Å². The molecule has 1 unspecified atom stereocenters. The van der Waals surface area contributed by atoms with Gasteiger partial charge in [-0.25, -0.2) is 0 Å². The van der Waals surface area contributed by atoms with E-state index in [1.165, 1.54) is 53.6 Å². The van der Waals surface area contributed by atoms with Crippen LogP contribution in [0.4, 0.5) is 5.69 Å². The largest absolute Gasteiger partial charge is 0.382 e. The molecule has 1 aliphatic heterocycles. The van der Waals surface area contributed by atoms with Crippen molar-refractivity contribution in [2.24, 2.45) is 0 Å². The Hall–Kier alpha value is -1.76. The molecule has 0 amide bonds. The molecule has 0 saturated heterocycles. The van der Waals surface area contributed by atoms with Crippen LogP contribution in [-0.2, 0) is 12.8 Å². The Morgan fingerprint density at radius 2 is 1.80 bits per heavy atom. The molecule has 0 bridgehead atoms. The van der Waals surface area contributed by atoms with E-state index in [1.807, 2.05) is 0 Å². The number of benzene rings is 2. The molecule has 0 radical (unpaired) electrons. The standard InChI is InChI=1S/C19H23N/c1-3-4-15-6-9-16(10-7-15)17-11-12-19-18(13-17)8-5-14(2)20-19/h6-7,9-14,20H,3-5,8H2,1-2H3. The molecule has 0 spiro atoms. The summed E-state index contributed by atoms with van der Waals surface area (Å²) in [5.41, 5.74) is 6.87. The van der Waals surface area contributed by atoms with Gasteiger partial charge in [-0.2, -0.15) is 0 Å². The fourth-order valence-electron chi connectivity index (χ4n) is 2.98. The Kier molecular flexibility index (Phi) is 3.77. The molecule has 0 aliphatic carbocycles. The van der Waals surface area contributed by atoms with Gasteiger partial charge in [0.15, 0.2) is 0 Å². The Labute approximate surface area is 122 Å². The smallest absolute Gasteiger partial charge is 0.0375 e. The SMILES string of the molecule is CCCc1ccc(-c2ccc3c(c2)CCC(C)N3)cc1. The highest BCUT2D eigenvalue weighted by atomic mass is 14.9. The average molecular weight is 265 g/mol. The maximum atomic E-state index is 3.56. The van der Waals surface area contributed by atoms with E-state index in [-0.39, 0.29) is 0 Å². The molecular weight excluding hydrogens is 242 g/mol. The van der Waals surface area contributed by atoms with Crippen LogP contribution in [-0.4, -0.2) is 6.04 Å². The van der Waals surface area contributed by atoms with Gasteiger partial charge in [-0.05, 0) is 60.6 Å². The third kappa shape index (κ3) is 2.72. The normalized spacial score (nSPS) is 17.4. The summed E-state index contributed by atoms with van der Waals surface area (Å²) in [6, 6.07) is 16.5. The maximum absolute atomic E-state index is 3.56. The second-order valence-electron chi connectivity index (χ2n) is 5.90. The van der Waals surface area contributed by atoms with Crippen molar-refractivity contribution < 1.29 is 0 Å². The van der Waals surface area contributed by atoms with Crippen LogP contribution in [0.1, 0.15) is 37.8 Å². The van der Waals surface area contributed by atoms with E-state index in [9.17, 15) is 0 Å². The van der Waals surface area contributed by atoms with Crippen molar-refractivity contribution in [3.05, 3.63) is 53.6 Å². The Balaban J connectivity index is 1.87. The maximum Gasteiger partial charge on any atom is 0.0375 e. The molecular formula is C19H23N. The highest BCUT2D eigenvalue weighted by Crippen LogP contribution is 2.30. The van der Waals surface area contributed by atoms with Crippen LogP contribution in [0.5, 0.6) is 0 Å². The van der Waals surface area contributed by atoms with Gasteiger partial charge in [-0.1, -0.05) is 43.7 Å². The van der Waals surface area contributed by atoms with Crippen LogP contribution in [0.3, 0.4) is 0 Å². The van der Waals surface area contributed by atoms with Crippen molar-refractivity contribution >= 4 is 5.69 Å². The Bertz CT molecular complexity index is 583. The van der Waals surface area contributed by atoms with Crippen molar-refractivity contribution in [2.75, 3.05) is 5.32 Å². The molecule has 2 aromatic rings. The lowest BCUT2D eigenvalue weighted by Crippen LogP contribution is -2.21. The quantitative estimate of drug-likeness (QED) is 0.818. The van der Waals surface area contributed by atoms with Crippen LogP contribution in [0, 0.1) is 0 Å². The van der Waals surface area contributed by atoms with Crippen LogP contribution in [0.25, 0.3) is 11.1 Å². The summed E-state index contributed by atoms with van der Waals surface area (Å²) in [5.74, 6) is 0. The first-order chi connectivity index (χ1) is 9.76. The minimum absolute atomic E-state index is 0.599. The summed E-state index contributed by atoms with van der Waals surface area (Å²) < 4.78 is 0. The van der Waals surface area contributed by atoms with Crippen LogP contribution in [0.2, 0.25) is 0 Å². The predicted octanol–water partition coefficient (Wildman–Crippen LogP) is 5.05. The molecule has 0 saturated carbocycles. The van der Waals surface area contributed by atoms with Crippen molar-refractivity contribution in [3.63, 3.8) is 0 Å². The zero-order valence-corrected chi connectivity index (χ0v) is 12.4. The van der Waals surface area contributed by atoms with Crippen molar-refractivity contribution in [1.82, 2.24) is 0 Å². The van der Waals surface area contributed by atoms with Gasteiger partial charge in [-0.3, -0.25) is 0 Å². The fraction of sp³-hybridized carbons (Fsp3) is 0.368. The zero-order chi connectivity index (χ0) is 13.9. The second kappa shape index (κ2) is 5.70. The highest BCUT2D eigenvalue weighted by Gasteiger charge is 2.14. The Morgan fingerprint density at radius 1 is 1.05 bits per heavy atom. The molecule has 3 rings (SSSR count). The molecule has 1 atom stereocenters. The molecule has 2 aromatic carbocycles. The fourth-order valence-corrected chi connectivity index (χ4v) is 2.98. The van der Waals surface area contributed by atoms with Gasteiger partial charge in [0.1, 0.15) is 0 Å².